The Morgan fingerprint density at radius 3 is 2.35 bits per heavy atom. The second kappa shape index (κ2) is 9.73. The van der Waals surface area contributed by atoms with Gasteiger partial charge in [-0.1, -0.05) is 22.9 Å². The Kier molecular flexibility index (Phi) is 7.66. The minimum absolute atomic E-state index is 0.138. The summed E-state index contributed by atoms with van der Waals surface area (Å²) >= 11 is 6.68. The second-order valence-electron chi connectivity index (χ2n) is 5.24. The molecule has 26 heavy (non-hydrogen) atoms. The lowest BCUT2D eigenvalue weighted by Gasteiger charge is -2.11. The maximum Gasteiger partial charge on any atom is 0.343 e. The lowest BCUT2D eigenvalue weighted by atomic mass is 10.2. The van der Waals surface area contributed by atoms with Gasteiger partial charge in [0.05, 0.1) is 23.2 Å². The number of hydrogen-bond acceptors (Lipinski definition) is 5. The molecule has 0 aliphatic carbocycles. The number of rotatable bonds is 7. The van der Waals surface area contributed by atoms with Gasteiger partial charge >= 0.3 is 11.9 Å². The molecule has 0 saturated carbocycles. The summed E-state index contributed by atoms with van der Waals surface area (Å²) in [6.07, 6.45) is 0.885. The van der Waals surface area contributed by atoms with Gasteiger partial charge in [-0.05, 0) is 65.7 Å². The van der Waals surface area contributed by atoms with Crippen molar-refractivity contribution >= 4 is 43.8 Å². The van der Waals surface area contributed by atoms with Gasteiger partial charge in [-0.2, -0.15) is 0 Å². The molecule has 0 radical (unpaired) electrons. The van der Waals surface area contributed by atoms with E-state index in [2.05, 4.69) is 31.9 Å². The largest absolute Gasteiger partial charge is 0.492 e. The first kappa shape index (κ1) is 20.5. The molecule has 5 nitrogen and oxygen atoms in total. The zero-order chi connectivity index (χ0) is 19.1. The van der Waals surface area contributed by atoms with Crippen molar-refractivity contribution in [2.45, 2.75) is 20.3 Å². The van der Waals surface area contributed by atoms with Crippen molar-refractivity contribution in [3.05, 3.63) is 56.5 Å². The topological polar surface area (TPSA) is 61.8 Å². The van der Waals surface area contributed by atoms with E-state index in [1.807, 2.05) is 6.92 Å². The highest BCUT2D eigenvalue weighted by molar-refractivity contribution is 9.10. The molecule has 0 heterocycles. The third-order valence-corrected chi connectivity index (χ3v) is 4.38. The molecule has 2 rings (SSSR count). The molecule has 2 aromatic rings. The van der Waals surface area contributed by atoms with Crippen molar-refractivity contribution in [1.82, 2.24) is 0 Å². The van der Waals surface area contributed by atoms with Gasteiger partial charge in [-0.3, -0.25) is 0 Å². The van der Waals surface area contributed by atoms with Gasteiger partial charge in [0.1, 0.15) is 17.1 Å². The Hall–Kier alpha value is -1.86. The van der Waals surface area contributed by atoms with Crippen molar-refractivity contribution in [3.63, 3.8) is 0 Å². The molecule has 7 heteroatoms. The molecular formula is C19H18Br2O5. The summed E-state index contributed by atoms with van der Waals surface area (Å²) in [5, 5.41) is 0. The van der Waals surface area contributed by atoms with E-state index in [9.17, 15) is 9.59 Å². The van der Waals surface area contributed by atoms with Crippen LogP contribution in [-0.4, -0.2) is 25.2 Å². The number of carbonyl (C=O) groups is 2. The standard InChI is InChI=1S/C19H18Br2O5/c1-3-9-25-17-7-5-12(10-15(17)21)18(22)26-16-8-6-13(20)11-14(16)19(23)24-4-2/h5-8,10-11H,3-4,9H2,1-2H3. The highest BCUT2D eigenvalue weighted by Crippen LogP contribution is 2.28. The molecule has 0 bridgehead atoms. The predicted octanol–water partition coefficient (Wildman–Crippen LogP) is 5.40. The van der Waals surface area contributed by atoms with Gasteiger partial charge in [0.25, 0.3) is 0 Å². The van der Waals surface area contributed by atoms with E-state index in [0.29, 0.717) is 26.9 Å². The monoisotopic (exact) mass is 484 g/mol. The van der Waals surface area contributed by atoms with E-state index in [0.717, 1.165) is 6.42 Å². The van der Waals surface area contributed by atoms with Crippen molar-refractivity contribution in [1.29, 1.82) is 0 Å². The summed E-state index contributed by atoms with van der Waals surface area (Å²) in [7, 11) is 0. The van der Waals surface area contributed by atoms with E-state index < -0.39 is 11.9 Å². The summed E-state index contributed by atoms with van der Waals surface area (Å²) in [4.78, 5) is 24.5. The second-order valence-corrected chi connectivity index (χ2v) is 7.01. The van der Waals surface area contributed by atoms with Gasteiger partial charge in [-0.25, -0.2) is 9.59 Å². The summed E-state index contributed by atoms with van der Waals surface area (Å²) in [5.41, 5.74) is 0.509. The molecule has 0 N–H and O–H groups in total. The number of benzene rings is 2. The fraction of sp³-hybridized carbons (Fsp3) is 0.263. The lowest BCUT2D eigenvalue weighted by Crippen LogP contribution is -2.13. The molecule has 0 spiro atoms. The van der Waals surface area contributed by atoms with Crippen LogP contribution < -0.4 is 9.47 Å². The molecule has 0 unspecified atom stereocenters. The smallest absolute Gasteiger partial charge is 0.343 e. The van der Waals surface area contributed by atoms with E-state index in [1.54, 1.807) is 43.3 Å². The van der Waals surface area contributed by atoms with Crippen LogP contribution in [0.4, 0.5) is 0 Å². The van der Waals surface area contributed by atoms with E-state index in [1.165, 1.54) is 0 Å². The first-order valence-corrected chi connectivity index (χ1v) is 9.66. The zero-order valence-electron chi connectivity index (χ0n) is 14.4. The SMILES string of the molecule is CCCOc1ccc(C(=O)Oc2ccc(Br)cc2C(=O)OCC)cc1Br. The molecule has 0 saturated heterocycles. The van der Waals surface area contributed by atoms with Crippen LogP contribution in [0.3, 0.4) is 0 Å². The third kappa shape index (κ3) is 5.32. The average molecular weight is 486 g/mol. The number of carbonyl (C=O) groups excluding carboxylic acids is 2. The van der Waals surface area contributed by atoms with Crippen molar-refractivity contribution < 1.29 is 23.8 Å². The van der Waals surface area contributed by atoms with Crippen molar-refractivity contribution in [2.24, 2.45) is 0 Å². The molecule has 0 atom stereocenters. The summed E-state index contributed by atoms with van der Waals surface area (Å²) in [5.74, 6) is -0.347. The van der Waals surface area contributed by atoms with Crippen LogP contribution in [0.2, 0.25) is 0 Å². The van der Waals surface area contributed by atoms with Crippen molar-refractivity contribution in [2.75, 3.05) is 13.2 Å². The van der Waals surface area contributed by atoms with Crippen LogP contribution in [0.5, 0.6) is 11.5 Å². The molecule has 0 aromatic heterocycles. The number of esters is 2. The Labute approximate surface area is 168 Å². The van der Waals surface area contributed by atoms with Crippen LogP contribution in [0.15, 0.2) is 45.3 Å². The summed E-state index contributed by atoms with van der Waals surface area (Å²) < 4.78 is 17.3. The summed E-state index contributed by atoms with van der Waals surface area (Å²) in [6, 6.07) is 9.71. The number of ether oxygens (including phenoxy) is 3. The average Bonchev–Trinajstić information content (AvgIpc) is 2.62. The van der Waals surface area contributed by atoms with Gasteiger partial charge in [0, 0.05) is 4.47 Å². The van der Waals surface area contributed by atoms with E-state index >= 15 is 0 Å². The van der Waals surface area contributed by atoms with Crippen LogP contribution >= 0.6 is 31.9 Å². The molecule has 2 aromatic carbocycles. The van der Waals surface area contributed by atoms with Gasteiger partial charge < -0.3 is 14.2 Å². The first-order valence-electron chi connectivity index (χ1n) is 8.07. The molecular weight excluding hydrogens is 468 g/mol. The van der Waals surface area contributed by atoms with Crippen LogP contribution in [0, 0.1) is 0 Å². The summed E-state index contributed by atoms with van der Waals surface area (Å²) in [6.45, 7) is 4.54. The van der Waals surface area contributed by atoms with Crippen LogP contribution in [0.25, 0.3) is 0 Å². The highest BCUT2D eigenvalue weighted by atomic mass is 79.9. The number of halogens is 2. The Bertz CT molecular complexity index is 805. The highest BCUT2D eigenvalue weighted by Gasteiger charge is 2.18. The Morgan fingerprint density at radius 2 is 1.69 bits per heavy atom. The van der Waals surface area contributed by atoms with Gasteiger partial charge in [0.15, 0.2) is 0 Å². The van der Waals surface area contributed by atoms with E-state index in [4.69, 9.17) is 14.2 Å². The van der Waals surface area contributed by atoms with Crippen LogP contribution in [0.1, 0.15) is 41.0 Å². The molecule has 0 fully saturated rings. The lowest BCUT2D eigenvalue weighted by molar-refractivity contribution is 0.0520. The Balaban J connectivity index is 2.22. The first-order chi connectivity index (χ1) is 12.5. The fourth-order valence-electron chi connectivity index (χ4n) is 2.08. The third-order valence-electron chi connectivity index (χ3n) is 3.27. The minimum Gasteiger partial charge on any atom is -0.492 e. The normalized spacial score (nSPS) is 10.3. The molecule has 0 aliphatic heterocycles. The fourth-order valence-corrected chi connectivity index (χ4v) is 2.93. The minimum atomic E-state index is -0.583. The van der Waals surface area contributed by atoms with Gasteiger partial charge in [-0.15, -0.1) is 0 Å². The van der Waals surface area contributed by atoms with E-state index in [-0.39, 0.29) is 17.9 Å². The quantitative estimate of drug-likeness (QED) is 0.388. The molecule has 0 aliphatic rings. The zero-order valence-corrected chi connectivity index (χ0v) is 17.6. The van der Waals surface area contributed by atoms with Gasteiger partial charge in [0.2, 0.25) is 0 Å². The maximum atomic E-state index is 12.5. The molecule has 0 amide bonds. The number of hydrogen-bond donors (Lipinski definition) is 0. The maximum absolute atomic E-state index is 12.5. The predicted molar refractivity (Wildman–Crippen MR) is 105 cm³/mol. The molecule has 138 valence electrons. The Morgan fingerprint density at radius 1 is 0.962 bits per heavy atom. The van der Waals surface area contributed by atoms with Crippen LogP contribution in [-0.2, 0) is 4.74 Å². The van der Waals surface area contributed by atoms with Crippen molar-refractivity contribution in [3.8, 4) is 11.5 Å².